The van der Waals surface area contributed by atoms with E-state index in [0.29, 0.717) is 19.8 Å². The molecule has 0 N–H and O–H groups in total. The second kappa shape index (κ2) is 10.4. The second-order valence-corrected chi connectivity index (χ2v) is 4.13. The molecule has 0 aromatic carbocycles. The Labute approximate surface area is 119 Å². The Hall–Kier alpha value is -1.34. The van der Waals surface area contributed by atoms with Gasteiger partial charge in [0.25, 0.3) is 0 Å². The molecule has 1 aliphatic heterocycles. The van der Waals surface area contributed by atoms with E-state index in [2.05, 4.69) is 9.47 Å². The molecule has 1 rings (SSSR count). The first kappa shape index (κ1) is 18.7. The highest BCUT2D eigenvalue weighted by molar-refractivity contribution is 5.78. The van der Waals surface area contributed by atoms with Crippen LogP contribution in [0.3, 0.4) is 0 Å². The van der Waals surface area contributed by atoms with E-state index in [0.717, 1.165) is 0 Å². The van der Waals surface area contributed by atoms with E-state index in [1.165, 1.54) is 0 Å². The zero-order chi connectivity index (χ0) is 15.4. The van der Waals surface area contributed by atoms with Crippen LogP contribution in [0.1, 0.15) is 20.8 Å². The summed E-state index contributed by atoms with van der Waals surface area (Å²) in [5.74, 6) is -0.467. The Balaban J connectivity index is 0.00000172. The molecule has 1 saturated heterocycles. The largest absolute Gasteiger partial charge is 0.508 e. The third kappa shape index (κ3) is 6.72. The molecule has 0 bridgehead atoms. The Kier molecular flexibility index (Phi) is 9.75. The van der Waals surface area contributed by atoms with Crippen LogP contribution in [0.5, 0.6) is 0 Å². The van der Waals surface area contributed by atoms with E-state index in [4.69, 9.17) is 14.2 Å². The normalized spacial score (nSPS) is 16.3. The van der Waals surface area contributed by atoms with Crippen molar-refractivity contribution in [1.82, 2.24) is 0 Å². The van der Waals surface area contributed by atoms with Crippen molar-refractivity contribution in [3.8, 4) is 0 Å². The summed E-state index contributed by atoms with van der Waals surface area (Å²) in [5.41, 5.74) is -0.944. The van der Waals surface area contributed by atoms with Gasteiger partial charge in [0.05, 0.1) is 19.8 Å². The van der Waals surface area contributed by atoms with Crippen molar-refractivity contribution in [2.24, 2.45) is 5.41 Å². The maximum atomic E-state index is 11.7. The van der Waals surface area contributed by atoms with Crippen LogP contribution in [0.4, 0.5) is 4.79 Å². The summed E-state index contributed by atoms with van der Waals surface area (Å²) in [5, 5.41) is 0. The number of cyclic esters (lactones) is 2. The minimum absolute atomic E-state index is 0.0325. The standard InChI is InChI=1S/C11H18O7.C2H6/c1-11(7-17-10(13)18-8-11)9(12)16-6-5-15-4-3-14-2;1-2/h3-8H2,1-2H3;1-2H3. The topological polar surface area (TPSA) is 80.3 Å². The zero-order valence-electron chi connectivity index (χ0n) is 12.6. The molecule has 0 aromatic heterocycles. The minimum Gasteiger partial charge on any atom is -0.463 e. The number of esters is 1. The first-order valence-corrected chi connectivity index (χ1v) is 6.62. The molecule has 118 valence electrons. The molecule has 7 nitrogen and oxygen atoms in total. The molecule has 0 amide bonds. The van der Waals surface area contributed by atoms with Crippen LogP contribution in [-0.4, -0.2) is 58.9 Å². The van der Waals surface area contributed by atoms with Crippen molar-refractivity contribution in [3.63, 3.8) is 0 Å². The van der Waals surface area contributed by atoms with Gasteiger partial charge in [-0.2, -0.15) is 0 Å². The Morgan fingerprint density at radius 1 is 1.15 bits per heavy atom. The molecule has 0 radical (unpaired) electrons. The molecule has 1 aliphatic rings. The van der Waals surface area contributed by atoms with Gasteiger partial charge in [0.2, 0.25) is 0 Å². The van der Waals surface area contributed by atoms with Crippen molar-refractivity contribution < 1.29 is 33.3 Å². The van der Waals surface area contributed by atoms with Crippen molar-refractivity contribution in [1.29, 1.82) is 0 Å². The van der Waals surface area contributed by atoms with Crippen LogP contribution in [0.15, 0.2) is 0 Å². The number of methoxy groups -OCH3 is 1. The molecule has 0 spiro atoms. The summed E-state index contributed by atoms with van der Waals surface area (Å²) in [6.45, 7) is 6.94. The van der Waals surface area contributed by atoms with E-state index in [1.807, 2.05) is 13.8 Å². The molecule has 1 heterocycles. The highest BCUT2D eigenvalue weighted by atomic mass is 16.7. The SMILES string of the molecule is CC.COCCOCCOC(=O)C1(C)COC(=O)OC1. The predicted molar refractivity (Wildman–Crippen MR) is 70.4 cm³/mol. The first-order valence-electron chi connectivity index (χ1n) is 6.62. The van der Waals surface area contributed by atoms with Gasteiger partial charge in [-0.15, -0.1) is 0 Å². The van der Waals surface area contributed by atoms with Gasteiger partial charge < -0.3 is 23.7 Å². The van der Waals surface area contributed by atoms with E-state index in [9.17, 15) is 9.59 Å². The molecule has 7 heteroatoms. The van der Waals surface area contributed by atoms with Gasteiger partial charge in [-0.3, -0.25) is 4.79 Å². The summed E-state index contributed by atoms with van der Waals surface area (Å²) >= 11 is 0. The lowest BCUT2D eigenvalue weighted by Crippen LogP contribution is -2.44. The average Bonchev–Trinajstić information content (AvgIpc) is 2.48. The van der Waals surface area contributed by atoms with Gasteiger partial charge in [-0.1, -0.05) is 13.8 Å². The fourth-order valence-electron chi connectivity index (χ4n) is 1.25. The minimum atomic E-state index is -0.944. The predicted octanol–water partition coefficient (Wildman–Crippen LogP) is 1.39. The highest BCUT2D eigenvalue weighted by Gasteiger charge is 2.41. The fraction of sp³-hybridized carbons (Fsp3) is 0.846. The van der Waals surface area contributed by atoms with Gasteiger partial charge in [0, 0.05) is 7.11 Å². The number of rotatable bonds is 7. The molecule has 0 unspecified atom stereocenters. The number of carbonyl (C=O) groups is 2. The molecule has 1 fully saturated rings. The van der Waals surface area contributed by atoms with Crippen molar-refractivity contribution >= 4 is 12.1 Å². The molecule has 0 aliphatic carbocycles. The van der Waals surface area contributed by atoms with E-state index in [-0.39, 0.29) is 19.8 Å². The molecule has 0 saturated carbocycles. The van der Waals surface area contributed by atoms with Crippen molar-refractivity contribution in [2.75, 3.05) is 46.8 Å². The lowest BCUT2D eigenvalue weighted by molar-refractivity contribution is -0.167. The quantitative estimate of drug-likeness (QED) is 0.518. The Bertz CT molecular complexity index is 280. The average molecular weight is 292 g/mol. The lowest BCUT2D eigenvalue weighted by atomic mass is 9.93. The Morgan fingerprint density at radius 3 is 2.25 bits per heavy atom. The van der Waals surface area contributed by atoms with Crippen molar-refractivity contribution in [3.05, 3.63) is 0 Å². The maximum Gasteiger partial charge on any atom is 0.508 e. The molecular weight excluding hydrogens is 268 g/mol. The lowest BCUT2D eigenvalue weighted by Gasteiger charge is -2.29. The Morgan fingerprint density at radius 2 is 1.70 bits per heavy atom. The van der Waals surface area contributed by atoms with Crippen molar-refractivity contribution in [2.45, 2.75) is 20.8 Å². The molecule has 20 heavy (non-hydrogen) atoms. The summed E-state index contributed by atoms with van der Waals surface area (Å²) < 4.78 is 24.3. The number of ether oxygens (including phenoxy) is 5. The third-order valence-electron chi connectivity index (χ3n) is 2.40. The number of carbonyl (C=O) groups excluding carboxylic acids is 2. The number of hydrogen-bond donors (Lipinski definition) is 0. The van der Waals surface area contributed by atoms with Crippen LogP contribution in [0.2, 0.25) is 0 Å². The van der Waals surface area contributed by atoms with Crippen LogP contribution in [-0.2, 0) is 28.5 Å². The summed E-state index contributed by atoms with van der Waals surface area (Å²) in [7, 11) is 1.58. The number of hydrogen-bond acceptors (Lipinski definition) is 7. The van der Waals surface area contributed by atoms with Crippen LogP contribution >= 0.6 is 0 Å². The summed E-state index contributed by atoms with van der Waals surface area (Å²) in [6.07, 6.45) is -0.761. The zero-order valence-corrected chi connectivity index (χ0v) is 12.6. The van der Waals surface area contributed by atoms with E-state index < -0.39 is 17.5 Å². The summed E-state index contributed by atoms with van der Waals surface area (Å²) in [6, 6.07) is 0. The monoisotopic (exact) mass is 292 g/mol. The van der Waals surface area contributed by atoms with Crippen LogP contribution in [0, 0.1) is 5.41 Å². The molecular formula is C13H24O7. The molecule has 0 atom stereocenters. The van der Waals surface area contributed by atoms with Gasteiger partial charge in [-0.05, 0) is 6.92 Å². The van der Waals surface area contributed by atoms with Gasteiger partial charge in [0.1, 0.15) is 25.2 Å². The highest BCUT2D eigenvalue weighted by Crippen LogP contribution is 2.23. The van der Waals surface area contributed by atoms with Gasteiger partial charge in [0.15, 0.2) is 0 Å². The van der Waals surface area contributed by atoms with Crippen LogP contribution < -0.4 is 0 Å². The van der Waals surface area contributed by atoms with Crippen LogP contribution in [0.25, 0.3) is 0 Å². The van der Waals surface area contributed by atoms with Gasteiger partial charge in [-0.25, -0.2) is 4.79 Å². The fourth-order valence-corrected chi connectivity index (χ4v) is 1.25. The molecule has 0 aromatic rings. The van der Waals surface area contributed by atoms with E-state index >= 15 is 0 Å². The maximum absolute atomic E-state index is 11.7. The first-order chi connectivity index (χ1) is 9.58. The summed E-state index contributed by atoms with van der Waals surface area (Å²) in [4.78, 5) is 22.4. The second-order valence-electron chi connectivity index (χ2n) is 4.13. The van der Waals surface area contributed by atoms with Gasteiger partial charge >= 0.3 is 12.1 Å². The third-order valence-corrected chi connectivity index (χ3v) is 2.40. The van der Waals surface area contributed by atoms with E-state index in [1.54, 1.807) is 14.0 Å². The smallest absolute Gasteiger partial charge is 0.463 e.